The number of hydrogen-bond donors (Lipinski definition) is 0. The van der Waals surface area contributed by atoms with E-state index in [0.29, 0.717) is 13.1 Å². The van der Waals surface area contributed by atoms with Gasteiger partial charge in [-0.05, 0) is 24.5 Å². The Morgan fingerprint density at radius 3 is 2.72 bits per heavy atom. The van der Waals surface area contributed by atoms with Crippen LogP contribution in [0.2, 0.25) is 0 Å². The summed E-state index contributed by atoms with van der Waals surface area (Å²) in [5.74, 6) is 1.03. The number of rotatable bonds is 4. The van der Waals surface area contributed by atoms with Crippen molar-refractivity contribution in [3.63, 3.8) is 0 Å². The molecule has 1 heterocycles. The molecular weight excluding hydrogens is 250 g/mol. The second-order valence-corrected chi connectivity index (χ2v) is 6.59. The molecule has 1 saturated heterocycles. The summed E-state index contributed by atoms with van der Waals surface area (Å²) in [6, 6.07) is 5.96. The SMILES string of the molecule is CCc1ccc(OC)c(CN2CCCS2(=O)=O)c1. The summed E-state index contributed by atoms with van der Waals surface area (Å²) in [7, 11) is -1.44. The number of nitrogens with zero attached hydrogens (tertiary/aromatic N) is 1. The number of sulfonamides is 1. The van der Waals surface area contributed by atoms with E-state index in [9.17, 15) is 8.42 Å². The van der Waals surface area contributed by atoms with Crippen LogP contribution in [0.1, 0.15) is 24.5 Å². The van der Waals surface area contributed by atoms with Crippen molar-refractivity contribution in [1.82, 2.24) is 4.31 Å². The van der Waals surface area contributed by atoms with Crippen LogP contribution in [0.4, 0.5) is 0 Å². The van der Waals surface area contributed by atoms with Crippen LogP contribution in [0.3, 0.4) is 0 Å². The molecule has 1 fully saturated rings. The van der Waals surface area contributed by atoms with E-state index in [-0.39, 0.29) is 5.75 Å². The summed E-state index contributed by atoms with van der Waals surface area (Å²) in [4.78, 5) is 0. The van der Waals surface area contributed by atoms with Crippen LogP contribution in [-0.4, -0.2) is 32.1 Å². The van der Waals surface area contributed by atoms with Crippen LogP contribution in [0.25, 0.3) is 0 Å². The first-order chi connectivity index (χ1) is 8.56. The van der Waals surface area contributed by atoms with E-state index >= 15 is 0 Å². The van der Waals surface area contributed by atoms with Gasteiger partial charge < -0.3 is 4.74 Å². The molecule has 0 aromatic heterocycles. The Hall–Kier alpha value is -1.07. The molecule has 0 saturated carbocycles. The molecule has 0 radical (unpaired) electrons. The van der Waals surface area contributed by atoms with Gasteiger partial charge in [-0.15, -0.1) is 0 Å². The summed E-state index contributed by atoms with van der Waals surface area (Å²) in [6.07, 6.45) is 1.65. The quantitative estimate of drug-likeness (QED) is 0.837. The fraction of sp³-hybridized carbons (Fsp3) is 0.538. The molecule has 18 heavy (non-hydrogen) atoms. The van der Waals surface area contributed by atoms with E-state index in [0.717, 1.165) is 24.2 Å². The predicted molar refractivity (Wildman–Crippen MR) is 71.2 cm³/mol. The first-order valence-electron chi connectivity index (χ1n) is 6.20. The highest BCUT2D eigenvalue weighted by molar-refractivity contribution is 7.89. The van der Waals surface area contributed by atoms with E-state index < -0.39 is 10.0 Å². The van der Waals surface area contributed by atoms with Crippen molar-refractivity contribution >= 4 is 10.0 Å². The molecule has 5 heteroatoms. The molecule has 1 aromatic carbocycles. The Kier molecular flexibility index (Phi) is 3.92. The lowest BCUT2D eigenvalue weighted by Crippen LogP contribution is -2.25. The molecule has 0 bridgehead atoms. The fourth-order valence-corrected chi connectivity index (χ4v) is 3.73. The van der Waals surface area contributed by atoms with Crippen LogP contribution in [-0.2, 0) is 23.0 Å². The van der Waals surface area contributed by atoms with Crippen molar-refractivity contribution in [3.05, 3.63) is 29.3 Å². The second-order valence-electron chi connectivity index (χ2n) is 4.50. The Labute approximate surface area is 109 Å². The van der Waals surface area contributed by atoms with E-state index in [1.807, 2.05) is 18.2 Å². The number of methoxy groups -OCH3 is 1. The van der Waals surface area contributed by atoms with Gasteiger partial charge in [0.2, 0.25) is 10.0 Å². The molecule has 0 amide bonds. The molecule has 1 aliphatic heterocycles. The lowest BCUT2D eigenvalue weighted by molar-refractivity contribution is 0.391. The average molecular weight is 269 g/mol. The molecule has 4 nitrogen and oxygen atoms in total. The summed E-state index contributed by atoms with van der Waals surface area (Å²) >= 11 is 0. The molecule has 1 aromatic rings. The van der Waals surface area contributed by atoms with E-state index in [1.54, 1.807) is 11.4 Å². The summed E-state index contributed by atoms with van der Waals surface area (Å²) in [5.41, 5.74) is 2.14. The maximum absolute atomic E-state index is 11.8. The lowest BCUT2D eigenvalue weighted by Gasteiger charge is -2.17. The van der Waals surface area contributed by atoms with E-state index in [4.69, 9.17) is 4.74 Å². The Morgan fingerprint density at radius 2 is 2.17 bits per heavy atom. The van der Waals surface area contributed by atoms with Gasteiger partial charge >= 0.3 is 0 Å². The molecule has 1 aliphatic rings. The molecule has 0 aliphatic carbocycles. The second kappa shape index (κ2) is 5.28. The lowest BCUT2D eigenvalue weighted by atomic mass is 10.1. The van der Waals surface area contributed by atoms with E-state index in [2.05, 4.69) is 6.92 Å². The predicted octanol–water partition coefficient (Wildman–Crippen LogP) is 1.79. The van der Waals surface area contributed by atoms with Gasteiger partial charge in [0.15, 0.2) is 0 Å². The maximum atomic E-state index is 11.8. The summed E-state index contributed by atoms with van der Waals surface area (Å²) < 4.78 is 30.5. The number of ether oxygens (including phenoxy) is 1. The number of benzene rings is 1. The smallest absolute Gasteiger partial charge is 0.214 e. The van der Waals surface area contributed by atoms with Crippen LogP contribution >= 0.6 is 0 Å². The standard InChI is InChI=1S/C13H19NO3S/c1-3-11-5-6-13(17-2)12(9-11)10-14-7-4-8-18(14,15)16/h5-6,9H,3-4,7-8,10H2,1-2H3. The monoisotopic (exact) mass is 269 g/mol. The minimum absolute atomic E-state index is 0.267. The molecule has 0 spiro atoms. The van der Waals surface area contributed by atoms with Crippen molar-refractivity contribution in [3.8, 4) is 5.75 Å². The van der Waals surface area contributed by atoms with Gasteiger partial charge in [-0.25, -0.2) is 8.42 Å². The zero-order valence-electron chi connectivity index (χ0n) is 10.8. The van der Waals surface area contributed by atoms with Crippen LogP contribution in [0, 0.1) is 0 Å². The van der Waals surface area contributed by atoms with Crippen molar-refractivity contribution in [1.29, 1.82) is 0 Å². The normalized spacial score (nSPS) is 19.0. The zero-order valence-corrected chi connectivity index (χ0v) is 11.7. The van der Waals surface area contributed by atoms with Gasteiger partial charge in [-0.3, -0.25) is 0 Å². The highest BCUT2D eigenvalue weighted by Gasteiger charge is 2.28. The third-order valence-corrected chi connectivity index (χ3v) is 5.21. The Balaban J connectivity index is 2.27. The summed E-state index contributed by atoms with van der Waals surface area (Å²) in [5, 5.41) is 0. The minimum Gasteiger partial charge on any atom is -0.496 e. The van der Waals surface area contributed by atoms with Gasteiger partial charge in [-0.1, -0.05) is 19.1 Å². The van der Waals surface area contributed by atoms with Crippen LogP contribution < -0.4 is 4.74 Å². The molecule has 0 unspecified atom stereocenters. The maximum Gasteiger partial charge on any atom is 0.214 e. The Morgan fingerprint density at radius 1 is 1.39 bits per heavy atom. The summed E-state index contributed by atoms with van der Waals surface area (Å²) in [6.45, 7) is 3.11. The molecule has 100 valence electrons. The molecular formula is C13H19NO3S. The molecule has 0 N–H and O–H groups in total. The van der Waals surface area contributed by atoms with Crippen molar-refractivity contribution < 1.29 is 13.2 Å². The van der Waals surface area contributed by atoms with E-state index in [1.165, 1.54) is 5.56 Å². The third-order valence-electron chi connectivity index (χ3n) is 3.30. The van der Waals surface area contributed by atoms with Gasteiger partial charge in [0.05, 0.1) is 12.9 Å². The van der Waals surface area contributed by atoms with Crippen LogP contribution in [0.15, 0.2) is 18.2 Å². The first-order valence-corrected chi connectivity index (χ1v) is 7.81. The number of hydrogen-bond acceptors (Lipinski definition) is 3. The Bertz CT molecular complexity index is 525. The third kappa shape index (κ3) is 2.67. The van der Waals surface area contributed by atoms with Gasteiger partial charge in [0, 0.05) is 18.7 Å². The van der Waals surface area contributed by atoms with Crippen LogP contribution in [0.5, 0.6) is 5.75 Å². The average Bonchev–Trinajstić information content (AvgIpc) is 2.68. The van der Waals surface area contributed by atoms with Gasteiger partial charge in [0.25, 0.3) is 0 Å². The topological polar surface area (TPSA) is 46.6 Å². The largest absolute Gasteiger partial charge is 0.496 e. The van der Waals surface area contributed by atoms with Gasteiger partial charge in [-0.2, -0.15) is 4.31 Å². The highest BCUT2D eigenvalue weighted by Crippen LogP contribution is 2.25. The van der Waals surface area contributed by atoms with Crippen molar-refractivity contribution in [2.45, 2.75) is 26.3 Å². The first kappa shape index (κ1) is 13.4. The molecule has 2 rings (SSSR count). The zero-order chi connectivity index (χ0) is 13.2. The minimum atomic E-state index is -3.05. The van der Waals surface area contributed by atoms with Gasteiger partial charge in [0.1, 0.15) is 5.75 Å². The van der Waals surface area contributed by atoms with Crippen molar-refractivity contribution in [2.24, 2.45) is 0 Å². The van der Waals surface area contributed by atoms with Crippen molar-refractivity contribution in [2.75, 3.05) is 19.4 Å². The molecule has 0 atom stereocenters. The highest BCUT2D eigenvalue weighted by atomic mass is 32.2. The number of aryl methyl sites for hydroxylation is 1. The fourth-order valence-electron chi connectivity index (χ4n) is 2.23.